The monoisotopic (exact) mass is 516 g/mol. The number of methoxy groups -OCH3 is 1. The molecule has 192 valence electrons. The molecule has 10 nitrogen and oxygen atoms in total. The number of aromatic carboxylic acids is 1. The van der Waals surface area contributed by atoms with Crippen LogP contribution in [0.4, 0.5) is 10.5 Å². The molecule has 0 radical (unpaired) electrons. The van der Waals surface area contributed by atoms with Gasteiger partial charge in [-0.15, -0.1) is 0 Å². The predicted molar refractivity (Wildman–Crippen MR) is 134 cm³/mol. The van der Waals surface area contributed by atoms with Gasteiger partial charge in [-0.05, 0) is 54.3 Å². The Morgan fingerprint density at radius 2 is 2.03 bits per heavy atom. The van der Waals surface area contributed by atoms with Gasteiger partial charge in [0, 0.05) is 17.3 Å². The summed E-state index contributed by atoms with van der Waals surface area (Å²) in [5.74, 6) is -2.29. The molecule has 0 aliphatic carbocycles. The first kappa shape index (κ1) is 26.8. The van der Waals surface area contributed by atoms with Gasteiger partial charge in [-0.2, -0.15) is 0 Å². The van der Waals surface area contributed by atoms with Crippen molar-refractivity contribution in [1.82, 2.24) is 15.5 Å². The number of anilines is 1. The minimum Gasteiger partial charge on any atom is -0.496 e. The van der Waals surface area contributed by atoms with Crippen LogP contribution in [0.3, 0.4) is 0 Å². The normalized spacial score (nSPS) is 16.6. The number of urea groups is 1. The predicted octanol–water partition coefficient (Wildman–Crippen LogP) is 3.00. The molecule has 2 aromatic rings. The zero-order chi connectivity index (χ0) is 26.4. The van der Waals surface area contributed by atoms with E-state index in [4.69, 9.17) is 22.1 Å². The van der Waals surface area contributed by atoms with Crippen LogP contribution in [0.25, 0.3) is 0 Å². The number of rotatable bonds is 8. The molecule has 36 heavy (non-hydrogen) atoms. The lowest BCUT2D eigenvalue weighted by Gasteiger charge is -2.26. The summed E-state index contributed by atoms with van der Waals surface area (Å²) in [6.45, 7) is 1.56. The van der Waals surface area contributed by atoms with Gasteiger partial charge in [0.15, 0.2) is 0 Å². The Labute approximate surface area is 213 Å². The van der Waals surface area contributed by atoms with Crippen molar-refractivity contribution < 1.29 is 29.0 Å². The van der Waals surface area contributed by atoms with Gasteiger partial charge in [0.25, 0.3) is 0 Å². The average molecular weight is 517 g/mol. The molecule has 5 N–H and O–H groups in total. The number of benzene rings is 2. The Balaban J connectivity index is 1.83. The lowest BCUT2D eigenvalue weighted by atomic mass is 9.97. The Bertz CT molecular complexity index is 1170. The van der Waals surface area contributed by atoms with E-state index < -0.39 is 42.3 Å². The van der Waals surface area contributed by atoms with Crippen molar-refractivity contribution in [2.24, 2.45) is 5.92 Å². The third-order valence-corrected chi connectivity index (χ3v) is 6.24. The maximum absolute atomic E-state index is 13.4. The molecule has 1 saturated heterocycles. The molecule has 0 unspecified atom stereocenters. The quantitative estimate of drug-likeness (QED) is 0.394. The van der Waals surface area contributed by atoms with Gasteiger partial charge in [0.1, 0.15) is 12.3 Å². The number of nitrogens with one attached hydrogen (secondary N) is 2. The highest BCUT2D eigenvalue weighted by Gasteiger charge is 2.35. The molecule has 11 heteroatoms. The van der Waals surface area contributed by atoms with Crippen LogP contribution in [0.15, 0.2) is 36.4 Å². The number of hydrogen-bond acceptors (Lipinski definition) is 6. The molecule has 4 amide bonds. The lowest BCUT2D eigenvalue weighted by molar-refractivity contribution is -0.133. The van der Waals surface area contributed by atoms with E-state index in [-0.39, 0.29) is 24.2 Å². The fourth-order valence-electron chi connectivity index (χ4n) is 4.16. The molecule has 0 saturated carbocycles. The summed E-state index contributed by atoms with van der Waals surface area (Å²) in [6, 6.07) is 8.23. The van der Waals surface area contributed by atoms with Crippen molar-refractivity contribution in [2.45, 2.75) is 32.2 Å². The fraction of sp³-hybridized carbons (Fsp3) is 0.360. The summed E-state index contributed by atoms with van der Waals surface area (Å²) in [7, 11) is 1.51. The number of carboxylic acids is 1. The molecule has 1 aliphatic rings. The largest absolute Gasteiger partial charge is 0.496 e. The Morgan fingerprint density at radius 3 is 2.67 bits per heavy atom. The van der Waals surface area contributed by atoms with Crippen LogP contribution in [-0.4, -0.2) is 54.0 Å². The number of nitrogens with two attached hydrogens (primary N) is 1. The van der Waals surface area contributed by atoms with Crippen LogP contribution in [-0.2, 0) is 16.0 Å². The van der Waals surface area contributed by atoms with Gasteiger partial charge < -0.3 is 26.2 Å². The Morgan fingerprint density at radius 1 is 1.28 bits per heavy atom. The van der Waals surface area contributed by atoms with Crippen molar-refractivity contribution in [3.63, 3.8) is 0 Å². The van der Waals surface area contributed by atoms with E-state index in [1.54, 1.807) is 24.3 Å². The summed E-state index contributed by atoms with van der Waals surface area (Å²) in [4.78, 5) is 51.2. The van der Waals surface area contributed by atoms with Crippen LogP contribution in [0.1, 0.15) is 47.3 Å². The SMILES string of the molecule is CCC[C@@H](NC(=O)N1CC(=O)NC[C@H](Cc2cc(Cl)ccc2OC)C1=O)c1ccc(C(=O)O)c(N)c1. The van der Waals surface area contributed by atoms with E-state index in [0.717, 1.165) is 4.90 Å². The number of nitrogens with zero attached hydrogens (tertiary/aromatic N) is 1. The summed E-state index contributed by atoms with van der Waals surface area (Å²) < 4.78 is 5.37. The molecule has 0 spiro atoms. The van der Waals surface area contributed by atoms with Gasteiger partial charge in [-0.25, -0.2) is 9.59 Å². The lowest BCUT2D eigenvalue weighted by Crippen LogP contribution is -2.48. The molecule has 0 aromatic heterocycles. The van der Waals surface area contributed by atoms with Gasteiger partial charge in [-0.3, -0.25) is 14.5 Å². The van der Waals surface area contributed by atoms with E-state index >= 15 is 0 Å². The summed E-state index contributed by atoms with van der Waals surface area (Å²) in [6.07, 6.45) is 1.41. The van der Waals surface area contributed by atoms with E-state index in [1.807, 2.05) is 6.92 Å². The number of carboxylic acid groups (broad SMARTS) is 1. The smallest absolute Gasteiger partial charge is 0.337 e. The molecule has 0 bridgehead atoms. The minimum atomic E-state index is -1.15. The van der Waals surface area contributed by atoms with Crippen molar-refractivity contribution in [3.05, 3.63) is 58.1 Å². The molecule has 2 aromatic carbocycles. The number of ether oxygens (including phenoxy) is 1. The summed E-state index contributed by atoms with van der Waals surface area (Å²) in [5, 5.41) is 15.2. The number of hydrogen-bond donors (Lipinski definition) is 4. The number of carbonyl (C=O) groups excluding carboxylic acids is 3. The molecular formula is C25H29ClN4O6. The molecule has 2 atom stereocenters. The van der Waals surface area contributed by atoms with E-state index in [2.05, 4.69) is 10.6 Å². The van der Waals surface area contributed by atoms with E-state index in [0.29, 0.717) is 34.7 Å². The van der Waals surface area contributed by atoms with Crippen molar-refractivity contribution in [2.75, 3.05) is 25.9 Å². The van der Waals surface area contributed by atoms with Crippen LogP contribution < -0.4 is 21.1 Å². The van der Waals surface area contributed by atoms with Gasteiger partial charge in [0.2, 0.25) is 11.8 Å². The highest BCUT2D eigenvalue weighted by Crippen LogP contribution is 2.27. The van der Waals surface area contributed by atoms with Crippen LogP contribution in [0, 0.1) is 5.92 Å². The second-order valence-corrected chi connectivity index (χ2v) is 8.96. The van der Waals surface area contributed by atoms with Gasteiger partial charge >= 0.3 is 12.0 Å². The molecule has 3 rings (SSSR count). The molecule has 1 aliphatic heterocycles. The van der Waals surface area contributed by atoms with Crippen molar-refractivity contribution in [1.29, 1.82) is 0 Å². The third-order valence-electron chi connectivity index (χ3n) is 6.00. The van der Waals surface area contributed by atoms with Gasteiger partial charge in [-0.1, -0.05) is 31.0 Å². The van der Waals surface area contributed by atoms with Crippen LogP contribution >= 0.6 is 11.6 Å². The van der Waals surface area contributed by atoms with Crippen LogP contribution in [0.5, 0.6) is 5.75 Å². The average Bonchev–Trinajstić information content (AvgIpc) is 2.97. The van der Waals surface area contributed by atoms with Crippen molar-refractivity contribution >= 4 is 41.1 Å². The molecular weight excluding hydrogens is 488 g/mol. The third kappa shape index (κ3) is 6.25. The maximum Gasteiger partial charge on any atom is 0.337 e. The highest BCUT2D eigenvalue weighted by molar-refractivity contribution is 6.30. The molecule has 1 fully saturated rings. The first-order chi connectivity index (χ1) is 17.1. The maximum atomic E-state index is 13.4. The highest BCUT2D eigenvalue weighted by atomic mass is 35.5. The second kappa shape index (κ2) is 11.8. The zero-order valence-electron chi connectivity index (χ0n) is 20.0. The van der Waals surface area contributed by atoms with E-state index in [9.17, 15) is 24.3 Å². The Kier molecular flexibility index (Phi) is 8.76. The topological polar surface area (TPSA) is 151 Å². The van der Waals surface area contributed by atoms with Crippen LogP contribution in [0.2, 0.25) is 5.02 Å². The first-order valence-corrected chi connectivity index (χ1v) is 11.9. The minimum absolute atomic E-state index is 0.0426. The second-order valence-electron chi connectivity index (χ2n) is 8.53. The number of amides is 4. The standard InChI is InChI=1S/C25H29ClN4O6/c1-3-4-20(14-5-7-18(24(33)34)19(27)11-14)29-25(35)30-13-22(31)28-12-16(23(30)32)9-15-10-17(26)6-8-21(15)36-2/h5-8,10-11,16,20H,3-4,9,12-13,27H2,1-2H3,(H,28,31)(H,29,35)(H,33,34)/t16-,20+/m0/s1. The number of halogens is 1. The van der Waals surface area contributed by atoms with Crippen molar-refractivity contribution in [3.8, 4) is 5.75 Å². The zero-order valence-corrected chi connectivity index (χ0v) is 20.8. The number of carbonyl (C=O) groups is 4. The van der Waals surface area contributed by atoms with E-state index in [1.165, 1.54) is 19.2 Å². The number of nitrogen functional groups attached to an aromatic ring is 1. The summed E-state index contributed by atoms with van der Waals surface area (Å²) >= 11 is 6.12. The first-order valence-electron chi connectivity index (χ1n) is 11.5. The molecule has 1 heterocycles. The Hall–Kier alpha value is -3.79. The number of imide groups is 1. The van der Waals surface area contributed by atoms with Gasteiger partial charge in [0.05, 0.1) is 24.6 Å². The summed E-state index contributed by atoms with van der Waals surface area (Å²) in [5.41, 5.74) is 7.18. The fourth-order valence-corrected chi connectivity index (χ4v) is 4.35.